The predicted molar refractivity (Wildman–Crippen MR) is 161 cm³/mol. The molecule has 10 heteroatoms. The molecule has 2 heterocycles. The molecule has 0 spiro atoms. The van der Waals surface area contributed by atoms with Gasteiger partial charge in [0.15, 0.2) is 35.2 Å². The van der Waals surface area contributed by atoms with Gasteiger partial charge in [-0.15, -0.1) is 0 Å². The first-order chi connectivity index (χ1) is 20.4. The monoisotopic (exact) mass is 598 g/mol. The standard InChI is InChI=1S/C29H30O10.2C2H6/c1-29(2,3)39-22-9-14(27-25(35)24(34)23-19(33)10-15(31)11-21(23)37-27)7-16-17(12-30)26(38-28(16)22)13-5-6-18(32)20(8-13)36-4;2*1-2/h5-11,17,25-27,30-33,35H,12H2,1-4H3;2*1-2H3/t17-,25?,26?,27?;;/m1../s1. The van der Waals surface area contributed by atoms with Crippen molar-refractivity contribution in [3.8, 4) is 40.2 Å². The SMILES string of the molecule is CC.CC.COc1cc(C2Oc3c(OC(C)(C)C)cc(C4Oc5cc(O)cc(O)c5C(=O)C4O)cc3[C@H]2CO)ccc1O. The maximum atomic E-state index is 13.0. The minimum absolute atomic E-state index is 0.0400. The van der Waals surface area contributed by atoms with E-state index < -0.39 is 41.4 Å². The Labute approximate surface area is 252 Å². The van der Waals surface area contributed by atoms with Crippen molar-refractivity contribution in [1.82, 2.24) is 0 Å². The Morgan fingerprint density at radius 2 is 1.49 bits per heavy atom. The van der Waals surface area contributed by atoms with Crippen LogP contribution in [0.2, 0.25) is 0 Å². The van der Waals surface area contributed by atoms with Crippen LogP contribution in [0, 0.1) is 0 Å². The van der Waals surface area contributed by atoms with E-state index in [0.29, 0.717) is 28.2 Å². The topological polar surface area (TPSA) is 155 Å². The van der Waals surface area contributed by atoms with E-state index >= 15 is 0 Å². The van der Waals surface area contributed by atoms with Gasteiger partial charge in [0.2, 0.25) is 5.78 Å². The fourth-order valence-electron chi connectivity index (χ4n) is 5.02. The number of ether oxygens (including phenoxy) is 4. The number of Topliss-reactive ketones (excluding diaryl/α,β-unsaturated/α-hetero) is 1. The van der Waals surface area contributed by atoms with E-state index in [1.807, 2.05) is 48.5 Å². The quantitative estimate of drug-likeness (QED) is 0.239. The number of methoxy groups -OCH3 is 1. The number of ketones is 1. The fourth-order valence-corrected chi connectivity index (χ4v) is 5.02. The highest BCUT2D eigenvalue weighted by Gasteiger charge is 2.43. The highest BCUT2D eigenvalue weighted by Crippen LogP contribution is 2.53. The largest absolute Gasteiger partial charge is 0.508 e. The summed E-state index contributed by atoms with van der Waals surface area (Å²) in [5.41, 5.74) is 0.706. The fraction of sp³-hybridized carbons (Fsp3) is 0.424. The molecule has 0 radical (unpaired) electrons. The molecule has 3 unspecified atom stereocenters. The number of phenols is 3. The lowest BCUT2D eigenvalue weighted by Gasteiger charge is -2.31. The normalized spacial score (nSPS) is 20.2. The molecule has 5 rings (SSSR count). The van der Waals surface area contributed by atoms with Crippen LogP contribution in [-0.4, -0.2) is 56.7 Å². The smallest absolute Gasteiger partial charge is 0.202 e. The summed E-state index contributed by atoms with van der Waals surface area (Å²) >= 11 is 0. The van der Waals surface area contributed by atoms with Crippen LogP contribution in [-0.2, 0) is 0 Å². The highest BCUT2D eigenvalue weighted by atomic mass is 16.5. The molecule has 10 nitrogen and oxygen atoms in total. The number of aliphatic hydroxyl groups is 2. The van der Waals surface area contributed by atoms with Crippen LogP contribution in [0.1, 0.15) is 93.6 Å². The number of carbonyl (C=O) groups excluding carboxylic acids is 1. The van der Waals surface area contributed by atoms with Crippen molar-refractivity contribution in [2.75, 3.05) is 13.7 Å². The van der Waals surface area contributed by atoms with Gasteiger partial charge < -0.3 is 44.5 Å². The summed E-state index contributed by atoms with van der Waals surface area (Å²) in [7, 11) is 1.43. The molecule has 3 aromatic rings. The Morgan fingerprint density at radius 3 is 2.09 bits per heavy atom. The van der Waals surface area contributed by atoms with Gasteiger partial charge in [0.1, 0.15) is 34.5 Å². The summed E-state index contributed by atoms with van der Waals surface area (Å²) in [5.74, 6) is -1.31. The Morgan fingerprint density at radius 1 is 0.837 bits per heavy atom. The van der Waals surface area contributed by atoms with E-state index in [-0.39, 0.29) is 35.2 Å². The number of hydrogen-bond donors (Lipinski definition) is 5. The zero-order valence-electron chi connectivity index (χ0n) is 25.8. The minimum atomic E-state index is -1.67. The number of carbonyl (C=O) groups is 1. The van der Waals surface area contributed by atoms with Crippen LogP contribution in [0.3, 0.4) is 0 Å². The molecular weight excluding hydrogens is 556 g/mol. The average molecular weight is 599 g/mol. The Bertz CT molecular complexity index is 1440. The lowest BCUT2D eigenvalue weighted by atomic mass is 9.87. The summed E-state index contributed by atoms with van der Waals surface area (Å²) in [6.45, 7) is 13.2. The van der Waals surface area contributed by atoms with Crippen molar-refractivity contribution in [1.29, 1.82) is 0 Å². The van der Waals surface area contributed by atoms with E-state index in [4.69, 9.17) is 18.9 Å². The van der Waals surface area contributed by atoms with Crippen LogP contribution in [0.25, 0.3) is 0 Å². The highest BCUT2D eigenvalue weighted by molar-refractivity contribution is 6.05. The third-order valence-corrected chi connectivity index (χ3v) is 6.71. The van der Waals surface area contributed by atoms with E-state index in [2.05, 4.69) is 0 Å². The van der Waals surface area contributed by atoms with Crippen LogP contribution in [0.15, 0.2) is 42.5 Å². The number of rotatable bonds is 5. The second-order valence-electron chi connectivity index (χ2n) is 10.6. The molecule has 0 aromatic heterocycles. The molecule has 3 aromatic carbocycles. The maximum Gasteiger partial charge on any atom is 0.202 e. The molecule has 234 valence electrons. The molecule has 0 bridgehead atoms. The van der Waals surface area contributed by atoms with Crippen molar-refractivity contribution >= 4 is 5.78 Å². The summed E-state index contributed by atoms with van der Waals surface area (Å²) in [5, 5.41) is 51.5. The summed E-state index contributed by atoms with van der Waals surface area (Å²) in [6, 6.07) is 10.3. The van der Waals surface area contributed by atoms with Crippen LogP contribution in [0.4, 0.5) is 0 Å². The molecular formula is C33H42O10. The third-order valence-electron chi connectivity index (χ3n) is 6.71. The minimum Gasteiger partial charge on any atom is -0.508 e. The van der Waals surface area contributed by atoms with Gasteiger partial charge >= 0.3 is 0 Å². The first-order valence-electron chi connectivity index (χ1n) is 14.4. The molecule has 0 aliphatic carbocycles. The van der Waals surface area contributed by atoms with Crippen LogP contribution < -0.4 is 18.9 Å². The predicted octanol–water partition coefficient (Wildman–Crippen LogP) is 5.93. The van der Waals surface area contributed by atoms with E-state index in [1.165, 1.54) is 19.2 Å². The number of aromatic hydroxyl groups is 3. The van der Waals surface area contributed by atoms with Crippen LogP contribution in [0.5, 0.6) is 40.2 Å². The lowest BCUT2D eigenvalue weighted by molar-refractivity contribution is 0.0208. The van der Waals surface area contributed by atoms with Gasteiger partial charge in [-0.2, -0.15) is 0 Å². The van der Waals surface area contributed by atoms with Gasteiger partial charge in [-0.25, -0.2) is 0 Å². The summed E-state index contributed by atoms with van der Waals surface area (Å²) in [6.07, 6.45) is -3.53. The van der Waals surface area contributed by atoms with Crippen molar-refractivity contribution in [2.45, 2.75) is 78.3 Å². The van der Waals surface area contributed by atoms with Crippen molar-refractivity contribution in [3.05, 3.63) is 64.7 Å². The first-order valence-corrected chi connectivity index (χ1v) is 14.4. The van der Waals surface area contributed by atoms with Gasteiger partial charge in [-0.1, -0.05) is 33.8 Å². The molecule has 2 aliphatic heterocycles. The van der Waals surface area contributed by atoms with Crippen molar-refractivity contribution in [3.63, 3.8) is 0 Å². The number of aliphatic hydroxyl groups excluding tert-OH is 2. The Kier molecular flexibility index (Phi) is 10.4. The summed E-state index contributed by atoms with van der Waals surface area (Å²) < 4.78 is 23.7. The van der Waals surface area contributed by atoms with Gasteiger partial charge in [0.05, 0.1) is 19.6 Å². The molecule has 0 fully saturated rings. The molecule has 4 atom stereocenters. The van der Waals surface area contributed by atoms with Gasteiger partial charge in [0, 0.05) is 17.7 Å². The molecule has 43 heavy (non-hydrogen) atoms. The van der Waals surface area contributed by atoms with E-state index in [1.54, 1.807) is 24.3 Å². The number of benzene rings is 3. The van der Waals surface area contributed by atoms with Gasteiger partial charge in [0.25, 0.3) is 0 Å². The Hall–Kier alpha value is -4.15. The third kappa shape index (κ3) is 6.60. The van der Waals surface area contributed by atoms with Crippen molar-refractivity contribution < 1.29 is 49.3 Å². The molecule has 0 amide bonds. The number of hydrogen-bond acceptors (Lipinski definition) is 10. The van der Waals surface area contributed by atoms with Crippen molar-refractivity contribution in [2.24, 2.45) is 0 Å². The molecule has 0 saturated heterocycles. The van der Waals surface area contributed by atoms with Crippen LogP contribution >= 0.6 is 0 Å². The molecule has 2 aliphatic rings. The number of fused-ring (bicyclic) bond motifs is 2. The first kappa shape index (κ1) is 33.4. The average Bonchev–Trinajstić information content (AvgIpc) is 3.35. The van der Waals surface area contributed by atoms with Gasteiger partial charge in [-0.05, 0) is 56.2 Å². The van der Waals surface area contributed by atoms with E-state index in [9.17, 15) is 30.3 Å². The lowest BCUT2D eigenvalue weighted by Crippen LogP contribution is -2.36. The molecule has 0 saturated carbocycles. The van der Waals surface area contributed by atoms with Gasteiger partial charge in [-0.3, -0.25) is 4.79 Å². The summed E-state index contributed by atoms with van der Waals surface area (Å²) in [4.78, 5) is 13.0. The zero-order chi connectivity index (χ0) is 32.2. The zero-order valence-corrected chi connectivity index (χ0v) is 25.8. The number of phenolic OH excluding ortho intramolecular Hbond substituents is 3. The van der Waals surface area contributed by atoms with E-state index in [0.717, 1.165) is 6.07 Å². The Balaban J connectivity index is 0.00000121. The molecule has 5 N–H and O–H groups in total. The maximum absolute atomic E-state index is 13.0. The second kappa shape index (κ2) is 13.4. The second-order valence-corrected chi connectivity index (χ2v) is 10.6.